The van der Waals surface area contributed by atoms with Crippen molar-refractivity contribution in [1.82, 2.24) is 20.0 Å². The first-order valence-corrected chi connectivity index (χ1v) is 10.3. The number of amides is 1. The van der Waals surface area contributed by atoms with Gasteiger partial charge in [0.25, 0.3) is 5.56 Å². The van der Waals surface area contributed by atoms with Crippen molar-refractivity contribution in [2.75, 3.05) is 31.6 Å². The summed E-state index contributed by atoms with van der Waals surface area (Å²) in [6.45, 7) is 3.29. The third-order valence-electron chi connectivity index (χ3n) is 6.28. The molecule has 2 aliphatic heterocycles. The highest BCUT2D eigenvalue weighted by Gasteiger charge is 2.29. The molecule has 1 unspecified atom stereocenters. The van der Waals surface area contributed by atoms with Gasteiger partial charge in [-0.2, -0.15) is 5.10 Å². The fourth-order valence-electron chi connectivity index (χ4n) is 4.34. The Morgan fingerprint density at radius 3 is 2.62 bits per heavy atom. The second kappa shape index (κ2) is 8.37. The van der Waals surface area contributed by atoms with E-state index in [-0.39, 0.29) is 17.5 Å². The van der Waals surface area contributed by atoms with Gasteiger partial charge in [0.1, 0.15) is 0 Å². The molecule has 2 aliphatic rings. The van der Waals surface area contributed by atoms with E-state index in [1.54, 1.807) is 19.3 Å². The van der Waals surface area contributed by atoms with E-state index < -0.39 is 0 Å². The topological polar surface area (TPSA) is 70.5 Å². The highest BCUT2D eigenvalue weighted by molar-refractivity contribution is 5.82. The predicted molar refractivity (Wildman–Crippen MR) is 113 cm³/mol. The summed E-state index contributed by atoms with van der Waals surface area (Å²) in [4.78, 5) is 29.0. The van der Waals surface area contributed by atoms with Gasteiger partial charge in [-0.05, 0) is 43.4 Å². The average Bonchev–Trinajstić information content (AvgIpc) is 2.74. The Bertz CT molecular complexity index is 933. The van der Waals surface area contributed by atoms with Gasteiger partial charge in [0.2, 0.25) is 5.91 Å². The summed E-state index contributed by atoms with van der Waals surface area (Å²) in [6.07, 6.45) is 4.52. The summed E-state index contributed by atoms with van der Waals surface area (Å²) < 4.78 is 1.34. The Hall–Kier alpha value is -2.67. The maximum atomic E-state index is 12.8. The van der Waals surface area contributed by atoms with Crippen LogP contribution in [-0.2, 0) is 24.8 Å². The van der Waals surface area contributed by atoms with E-state index in [9.17, 15) is 9.59 Å². The number of carbonyl (C=O) groups is 1. The zero-order valence-corrected chi connectivity index (χ0v) is 17.2. The van der Waals surface area contributed by atoms with Crippen molar-refractivity contribution in [3.63, 3.8) is 0 Å². The number of likely N-dealkylation sites (N-methyl/N-ethyl adjacent to an activating group) is 1. The van der Waals surface area contributed by atoms with Crippen molar-refractivity contribution in [3.05, 3.63) is 58.0 Å². The summed E-state index contributed by atoms with van der Waals surface area (Å²) in [6, 6.07) is 9.92. The van der Waals surface area contributed by atoms with Gasteiger partial charge in [-0.15, -0.1) is 0 Å². The van der Waals surface area contributed by atoms with Crippen LogP contribution in [0.25, 0.3) is 0 Å². The first-order chi connectivity index (χ1) is 14.0. The lowest BCUT2D eigenvalue weighted by molar-refractivity contribution is -0.126. The van der Waals surface area contributed by atoms with Gasteiger partial charge in [-0.1, -0.05) is 24.3 Å². The second-order valence-corrected chi connectivity index (χ2v) is 8.25. The number of benzene rings is 1. The lowest BCUT2D eigenvalue weighted by atomic mass is 9.93. The Labute approximate surface area is 171 Å². The lowest BCUT2D eigenvalue weighted by Crippen LogP contribution is -2.50. The number of nitrogens with one attached hydrogen (secondary N) is 1. The Morgan fingerprint density at radius 1 is 1.17 bits per heavy atom. The van der Waals surface area contributed by atoms with Crippen LogP contribution in [0.3, 0.4) is 0 Å². The Morgan fingerprint density at radius 2 is 1.90 bits per heavy atom. The first kappa shape index (κ1) is 19.6. The van der Waals surface area contributed by atoms with Crippen molar-refractivity contribution >= 4 is 11.6 Å². The number of aryl methyl sites for hydroxylation is 1. The smallest absolute Gasteiger partial charge is 0.268 e. The minimum Gasteiger partial charge on any atom is -0.370 e. The summed E-state index contributed by atoms with van der Waals surface area (Å²) in [5.41, 5.74) is 3.39. The SMILES string of the molecule is CN1Cc2ccccc2CC1C(=O)NCC1CCN(c2cnn(C)c(=O)c2)CC1. The molecular weight excluding hydrogens is 366 g/mol. The van der Waals surface area contributed by atoms with Gasteiger partial charge >= 0.3 is 0 Å². The quantitative estimate of drug-likeness (QED) is 0.842. The number of aromatic nitrogens is 2. The zero-order valence-electron chi connectivity index (χ0n) is 17.2. The number of nitrogens with zero attached hydrogens (tertiary/aromatic N) is 4. The van der Waals surface area contributed by atoms with E-state index in [2.05, 4.69) is 38.4 Å². The maximum Gasteiger partial charge on any atom is 0.268 e. The summed E-state index contributed by atoms with van der Waals surface area (Å²) in [5, 5.41) is 7.30. The molecule has 2 aromatic rings. The van der Waals surface area contributed by atoms with Gasteiger partial charge < -0.3 is 10.2 Å². The Balaban J connectivity index is 1.27. The summed E-state index contributed by atoms with van der Waals surface area (Å²) in [5.74, 6) is 0.594. The number of anilines is 1. The number of rotatable bonds is 4. The van der Waals surface area contributed by atoms with E-state index in [4.69, 9.17) is 0 Å². The molecule has 3 heterocycles. The van der Waals surface area contributed by atoms with E-state index >= 15 is 0 Å². The minimum absolute atomic E-state index is 0.0879. The molecule has 4 rings (SSSR count). The standard InChI is InChI=1S/C22H29N5O2/c1-25-15-18-6-4-3-5-17(18)11-20(25)22(29)23-13-16-7-9-27(10-8-16)19-12-21(28)26(2)24-14-19/h3-6,12,14,16,20H,7-11,13,15H2,1-2H3,(H,23,29). The molecule has 1 aromatic heterocycles. The molecule has 0 bridgehead atoms. The van der Waals surface area contributed by atoms with E-state index in [1.807, 2.05) is 13.1 Å². The fourth-order valence-corrected chi connectivity index (χ4v) is 4.34. The molecule has 1 amide bonds. The van der Waals surface area contributed by atoms with Crippen LogP contribution in [0.2, 0.25) is 0 Å². The highest BCUT2D eigenvalue weighted by Crippen LogP contribution is 2.23. The number of carbonyl (C=O) groups excluding carboxylic acids is 1. The van der Waals surface area contributed by atoms with Gasteiger partial charge in [0.05, 0.1) is 17.9 Å². The molecular formula is C22H29N5O2. The maximum absolute atomic E-state index is 12.8. The Kier molecular flexibility index (Phi) is 5.67. The van der Waals surface area contributed by atoms with Crippen molar-refractivity contribution in [2.45, 2.75) is 31.8 Å². The largest absolute Gasteiger partial charge is 0.370 e. The first-order valence-electron chi connectivity index (χ1n) is 10.3. The molecule has 1 fully saturated rings. The number of hydrogen-bond acceptors (Lipinski definition) is 5. The van der Waals surface area contributed by atoms with E-state index in [1.165, 1.54) is 15.8 Å². The van der Waals surface area contributed by atoms with E-state index in [0.29, 0.717) is 12.5 Å². The van der Waals surface area contributed by atoms with Crippen LogP contribution in [0.15, 0.2) is 41.3 Å². The molecule has 154 valence electrons. The van der Waals surface area contributed by atoms with E-state index in [0.717, 1.165) is 44.6 Å². The monoisotopic (exact) mass is 395 g/mol. The van der Waals surface area contributed by atoms with Gasteiger partial charge in [0.15, 0.2) is 0 Å². The summed E-state index contributed by atoms with van der Waals surface area (Å²) in [7, 11) is 3.68. The molecule has 1 atom stereocenters. The van der Waals surface area contributed by atoms with Crippen LogP contribution < -0.4 is 15.8 Å². The third kappa shape index (κ3) is 4.34. The minimum atomic E-state index is -0.100. The third-order valence-corrected chi connectivity index (χ3v) is 6.28. The predicted octanol–water partition coefficient (Wildman–Crippen LogP) is 1.17. The molecule has 1 saturated heterocycles. The van der Waals surface area contributed by atoms with Crippen LogP contribution >= 0.6 is 0 Å². The molecule has 7 heteroatoms. The lowest BCUT2D eigenvalue weighted by Gasteiger charge is -2.35. The van der Waals surface area contributed by atoms with Crippen LogP contribution in [0, 0.1) is 5.92 Å². The molecule has 0 radical (unpaired) electrons. The van der Waals surface area contributed by atoms with Crippen LogP contribution in [0.5, 0.6) is 0 Å². The number of piperidine rings is 1. The molecule has 7 nitrogen and oxygen atoms in total. The normalized spacial score (nSPS) is 20.3. The van der Waals surface area contributed by atoms with Gasteiger partial charge in [0, 0.05) is 39.3 Å². The average molecular weight is 396 g/mol. The van der Waals surface area contributed by atoms with Crippen molar-refractivity contribution in [3.8, 4) is 0 Å². The molecule has 1 aromatic carbocycles. The molecule has 0 spiro atoms. The highest BCUT2D eigenvalue weighted by atomic mass is 16.2. The van der Waals surface area contributed by atoms with Gasteiger partial charge in [-0.25, -0.2) is 4.68 Å². The molecule has 1 N–H and O–H groups in total. The number of fused-ring (bicyclic) bond motifs is 1. The molecule has 29 heavy (non-hydrogen) atoms. The zero-order chi connectivity index (χ0) is 20.4. The molecule has 0 aliphatic carbocycles. The number of hydrogen-bond donors (Lipinski definition) is 1. The molecule has 0 saturated carbocycles. The second-order valence-electron chi connectivity index (χ2n) is 8.25. The van der Waals surface area contributed by atoms with Crippen molar-refractivity contribution < 1.29 is 4.79 Å². The van der Waals surface area contributed by atoms with Crippen molar-refractivity contribution in [2.24, 2.45) is 13.0 Å². The summed E-state index contributed by atoms with van der Waals surface area (Å²) >= 11 is 0. The van der Waals surface area contributed by atoms with Crippen LogP contribution in [0.4, 0.5) is 5.69 Å². The van der Waals surface area contributed by atoms with Crippen LogP contribution in [0.1, 0.15) is 24.0 Å². The van der Waals surface area contributed by atoms with Crippen LogP contribution in [-0.4, -0.2) is 53.3 Å². The van der Waals surface area contributed by atoms with Crippen molar-refractivity contribution in [1.29, 1.82) is 0 Å². The van der Waals surface area contributed by atoms with Gasteiger partial charge in [-0.3, -0.25) is 14.5 Å². The fraction of sp³-hybridized carbons (Fsp3) is 0.500.